The van der Waals surface area contributed by atoms with E-state index in [1.807, 2.05) is 13.1 Å². The van der Waals surface area contributed by atoms with Gasteiger partial charge in [0.25, 0.3) is 0 Å². The van der Waals surface area contributed by atoms with E-state index in [0.717, 1.165) is 54.8 Å². The number of rotatable bonds is 13. The quantitative estimate of drug-likeness (QED) is 0.278. The Morgan fingerprint density at radius 1 is 1.11 bits per heavy atom. The molecular weight excluding hydrogens is 359 g/mol. The molecule has 1 aromatic heterocycles. The van der Waals surface area contributed by atoms with Gasteiger partial charge in [-0.25, -0.2) is 4.39 Å². The Morgan fingerprint density at radius 3 is 2.71 bits per heavy atom. The highest BCUT2D eigenvalue weighted by Gasteiger charge is 2.05. The van der Waals surface area contributed by atoms with Crippen molar-refractivity contribution < 1.29 is 13.9 Å². The zero-order valence-corrected chi connectivity index (χ0v) is 17.0. The number of aromatic nitrogens is 1. The lowest BCUT2D eigenvalue weighted by Crippen LogP contribution is -2.38. The van der Waals surface area contributed by atoms with Crippen LogP contribution in [0.15, 0.2) is 29.4 Å². The first-order valence-electron chi connectivity index (χ1n) is 10.2. The molecule has 0 saturated heterocycles. The van der Waals surface area contributed by atoms with E-state index in [-0.39, 0.29) is 5.82 Å². The molecule has 1 aromatic carbocycles. The van der Waals surface area contributed by atoms with Gasteiger partial charge in [0.2, 0.25) is 0 Å². The topological polar surface area (TPSA) is 70.7 Å². The Bertz CT molecular complexity index is 717. The van der Waals surface area contributed by atoms with Gasteiger partial charge in [-0.1, -0.05) is 13.3 Å². The SMILES string of the molecule is CCCCOCCOCCN=C(NCC)NCCc1c[nH]c2ccc(F)cc12. The number of nitrogens with one attached hydrogen (secondary N) is 3. The highest BCUT2D eigenvalue weighted by molar-refractivity contribution is 5.83. The summed E-state index contributed by atoms with van der Waals surface area (Å²) in [4.78, 5) is 7.70. The van der Waals surface area contributed by atoms with Crippen LogP contribution >= 0.6 is 0 Å². The summed E-state index contributed by atoms with van der Waals surface area (Å²) in [5.41, 5.74) is 2.04. The molecule has 28 heavy (non-hydrogen) atoms. The van der Waals surface area contributed by atoms with Crippen molar-refractivity contribution in [3.63, 3.8) is 0 Å². The second-order valence-corrected chi connectivity index (χ2v) is 6.52. The van der Waals surface area contributed by atoms with Crippen LogP contribution in [0.25, 0.3) is 10.9 Å². The molecule has 0 aliphatic rings. The van der Waals surface area contributed by atoms with Crippen LogP contribution < -0.4 is 10.6 Å². The van der Waals surface area contributed by atoms with Crippen molar-refractivity contribution in [1.29, 1.82) is 0 Å². The Hall–Kier alpha value is -2.12. The molecule has 3 N–H and O–H groups in total. The van der Waals surface area contributed by atoms with Crippen LogP contribution in [-0.2, 0) is 15.9 Å². The number of hydrogen-bond acceptors (Lipinski definition) is 3. The molecule has 0 unspecified atom stereocenters. The smallest absolute Gasteiger partial charge is 0.191 e. The van der Waals surface area contributed by atoms with Crippen molar-refractivity contribution in [2.45, 2.75) is 33.1 Å². The van der Waals surface area contributed by atoms with E-state index in [0.29, 0.717) is 32.9 Å². The zero-order valence-electron chi connectivity index (χ0n) is 17.0. The van der Waals surface area contributed by atoms with E-state index >= 15 is 0 Å². The van der Waals surface area contributed by atoms with E-state index in [9.17, 15) is 4.39 Å². The molecule has 0 radical (unpaired) electrons. The van der Waals surface area contributed by atoms with Crippen molar-refractivity contribution >= 4 is 16.9 Å². The van der Waals surface area contributed by atoms with Crippen molar-refractivity contribution in [1.82, 2.24) is 15.6 Å². The Morgan fingerprint density at radius 2 is 1.93 bits per heavy atom. The molecule has 0 aliphatic carbocycles. The van der Waals surface area contributed by atoms with Gasteiger partial charge in [0, 0.05) is 36.8 Å². The third-order valence-corrected chi connectivity index (χ3v) is 4.28. The summed E-state index contributed by atoms with van der Waals surface area (Å²) < 4.78 is 24.5. The lowest BCUT2D eigenvalue weighted by Gasteiger charge is -2.11. The van der Waals surface area contributed by atoms with E-state index in [2.05, 4.69) is 27.5 Å². The lowest BCUT2D eigenvalue weighted by atomic mass is 10.1. The largest absolute Gasteiger partial charge is 0.379 e. The summed E-state index contributed by atoms with van der Waals surface area (Å²) in [5, 5.41) is 7.47. The molecule has 0 aliphatic heterocycles. The van der Waals surface area contributed by atoms with Gasteiger partial charge in [0.1, 0.15) is 5.82 Å². The number of ether oxygens (including phenoxy) is 2. The standard InChI is InChI=1S/C21H33FN4O2/c1-3-5-11-27-13-14-28-12-10-25-21(23-4-2)24-9-8-17-16-26-20-7-6-18(22)15-19(17)20/h6-7,15-16,26H,3-5,8-14H2,1-2H3,(H2,23,24,25). The maximum atomic E-state index is 13.5. The van der Waals surface area contributed by atoms with Crippen LogP contribution in [0.1, 0.15) is 32.3 Å². The molecule has 0 amide bonds. The number of benzene rings is 1. The molecule has 2 aromatic rings. The van der Waals surface area contributed by atoms with Gasteiger partial charge in [-0.3, -0.25) is 4.99 Å². The van der Waals surface area contributed by atoms with Gasteiger partial charge in [-0.15, -0.1) is 0 Å². The number of aromatic amines is 1. The molecule has 0 spiro atoms. The minimum Gasteiger partial charge on any atom is -0.379 e. The molecule has 6 nitrogen and oxygen atoms in total. The average molecular weight is 393 g/mol. The Labute approximate surface area is 166 Å². The molecule has 156 valence electrons. The number of H-pyrrole nitrogens is 1. The van der Waals surface area contributed by atoms with E-state index in [1.165, 1.54) is 6.07 Å². The predicted octanol–water partition coefficient (Wildman–Crippen LogP) is 3.24. The van der Waals surface area contributed by atoms with Gasteiger partial charge < -0.3 is 25.1 Å². The summed E-state index contributed by atoms with van der Waals surface area (Å²) in [6.45, 7) is 8.86. The van der Waals surface area contributed by atoms with Crippen LogP contribution in [0, 0.1) is 5.82 Å². The van der Waals surface area contributed by atoms with Gasteiger partial charge in [0.05, 0.1) is 26.4 Å². The Kier molecular flexibility index (Phi) is 10.4. The first kappa shape index (κ1) is 22.2. The van der Waals surface area contributed by atoms with E-state index in [1.54, 1.807) is 12.1 Å². The predicted molar refractivity (Wildman–Crippen MR) is 112 cm³/mol. The summed E-state index contributed by atoms with van der Waals surface area (Å²) in [6, 6.07) is 4.81. The first-order chi connectivity index (χ1) is 13.7. The first-order valence-corrected chi connectivity index (χ1v) is 10.2. The number of unbranched alkanes of at least 4 members (excludes halogenated alkanes) is 1. The van der Waals surface area contributed by atoms with Crippen molar-refractivity contribution in [3.05, 3.63) is 35.8 Å². The minimum atomic E-state index is -0.216. The maximum Gasteiger partial charge on any atom is 0.191 e. The molecule has 0 fully saturated rings. The lowest BCUT2D eigenvalue weighted by molar-refractivity contribution is 0.0497. The average Bonchev–Trinajstić information content (AvgIpc) is 3.08. The third kappa shape index (κ3) is 7.86. The second kappa shape index (κ2) is 13.1. The molecular formula is C21H33FN4O2. The highest BCUT2D eigenvalue weighted by atomic mass is 19.1. The van der Waals surface area contributed by atoms with Crippen molar-refractivity contribution in [3.8, 4) is 0 Å². The minimum absolute atomic E-state index is 0.216. The fraction of sp³-hybridized carbons (Fsp3) is 0.571. The highest BCUT2D eigenvalue weighted by Crippen LogP contribution is 2.19. The molecule has 0 atom stereocenters. The van der Waals surface area contributed by atoms with Crippen LogP contribution in [0.4, 0.5) is 4.39 Å². The number of halogens is 1. The Balaban J connectivity index is 1.68. The molecule has 0 bridgehead atoms. The number of nitrogens with zero attached hydrogens (tertiary/aromatic N) is 1. The number of hydrogen-bond donors (Lipinski definition) is 3. The van der Waals surface area contributed by atoms with Crippen molar-refractivity contribution in [2.75, 3.05) is 46.1 Å². The number of fused-ring (bicyclic) bond motifs is 1. The molecule has 2 rings (SSSR count). The monoisotopic (exact) mass is 392 g/mol. The number of guanidine groups is 1. The van der Waals surface area contributed by atoms with Gasteiger partial charge in [-0.2, -0.15) is 0 Å². The summed E-state index contributed by atoms with van der Waals surface area (Å²) in [7, 11) is 0. The van der Waals surface area contributed by atoms with Gasteiger partial charge in [-0.05, 0) is 43.5 Å². The molecule has 7 heteroatoms. The fourth-order valence-electron chi connectivity index (χ4n) is 2.81. The van der Waals surface area contributed by atoms with Gasteiger partial charge >= 0.3 is 0 Å². The maximum absolute atomic E-state index is 13.5. The van der Waals surface area contributed by atoms with Crippen LogP contribution in [0.3, 0.4) is 0 Å². The van der Waals surface area contributed by atoms with E-state index < -0.39 is 0 Å². The summed E-state index contributed by atoms with van der Waals surface area (Å²) >= 11 is 0. The van der Waals surface area contributed by atoms with Crippen LogP contribution in [0.2, 0.25) is 0 Å². The van der Waals surface area contributed by atoms with E-state index in [4.69, 9.17) is 9.47 Å². The number of aliphatic imine (C=N–C) groups is 1. The molecule has 0 saturated carbocycles. The van der Waals surface area contributed by atoms with Crippen LogP contribution in [-0.4, -0.2) is 57.0 Å². The summed E-state index contributed by atoms with van der Waals surface area (Å²) in [5.74, 6) is 0.545. The van der Waals surface area contributed by atoms with Gasteiger partial charge in [0.15, 0.2) is 5.96 Å². The third-order valence-electron chi connectivity index (χ3n) is 4.28. The van der Waals surface area contributed by atoms with Crippen LogP contribution in [0.5, 0.6) is 0 Å². The molecule has 1 heterocycles. The fourth-order valence-corrected chi connectivity index (χ4v) is 2.81. The normalized spacial score (nSPS) is 11.9. The van der Waals surface area contributed by atoms with Crippen molar-refractivity contribution in [2.24, 2.45) is 4.99 Å². The summed E-state index contributed by atoms with van der Waals surface area (Å²) in [6.07, 6.45) is 4.95. The second-order valence-electron chi connectivity index (χ2n) is 6.52. The zero-order chi connectivity index (χ0) is 20.0.